The summed E-state index contributed by atoms with van der Waals surface area (Å²) in [6, 6.07) is 7.01. The van der Waals surface area contributed by atoms with Crippen molar-refractivity contribution in [3.8, 4) is 0 Å². The van der Waals surface area contributed by atoms with E-state index in [1.165, 1.54) is 11.3 Å². The van der Waals surface area contributed by atoms with Crippen LogP contribution in [0.3, 0.4) is 0 Å². The van der Waals surface area contributed by atoms with Gasteiger partial charge in [0.25, 0.3) is 5.91 Å². The second kappa shape index (κ2) is 5.83. The van der Waals surface area contributed by atoms with Gasteiger partial charge in [-0.15, -0.1) is 11.3 Å². The molecule has 118 valence electrons. The SMILES string of the molecule is Cc1nc2sc(C(=O)Nc3cccc(Cl)c3)c(N)c2c(C)c1C. The molecule has 6 heteroatoms. The summed E-state index contributed by atoms with van der Waals surface area (Å²) in [5.74, 6) is -0.248. The number of hydrogen-bond donors (Lipinski definition) is 2. The Labute approximate surface area is 143 Å². The first kappa shape index (κ1) is 15.8. The van der Waals surface area contributed by atoms with Crippen molar-refractivity contribution in [2.45, 2.75) is 20.8 Å². The Bertz CT molecular complexity index is 933. The molecule has 3 N–H and O–H groups in total. The van der Waals surface area contributed by atoms with Crippen molar-refractivity contribution in [1.82, 2.24) is 4.98 Å². The minimum atomic E-state index is -0.248. The van der Waals surface area contributed by atoms with E-state index in [1.54, 1.807) is 24.3 Å². The third-order valence-corrected chi connectivity index (χ3v) is 5.30. The van der Waals surface area contributed by atoms with Gasteiger partial charge in [0, 0.05) is 21.8 Å². The van der Waals surface area contributed by atoms with Gasteiger partial charge in [-0.05, 0) is 50.1 Å². The predicted molar refractivity (Wildman–Crippen MR) is 97.6 cm³/mol. The second-order valence-electron chi connectivity index (χ2n) is 5.44. The predicted octanol–water partition coefficient (Wildman–Crippen LogP) is 4.71. The number of nitrogens with one attached hydrogen (secondary N) is 1. The standard InChI is InChI=1S/C17H16ClN3OS/c1-8-9(2)13-14(19)15(23-17(13)20-10(8)3)16(22)21-12-6-4-5-11(18)7-12/h4-7H,19H2,1-3H3,(H,21,22). The molecule has 0 atom stereocenters. The van der Waals surface area contributed by atoms with Crippen LogP contribution in [0.15, 0.2) is 24.3 Å². The van der Waals surface area contributed by atoms with Gasteiger partial charge in [-0.25, -0.2) is 4.98 Å². The molecule has 3 aromatic rings. The van der Waals surface area contributed by atoms with Gasteiger partial charge in [0.1, 0.15) is 9.71 Å². The molecule has 1 amide bonds. The van der Waals surface area contributed by atoms with Crippen LogP contribution in [0, 0.1) is 20.8 Å². The van der Waals surface area contributed by atoms with Gasteiger partial charge in [-0.1, -0.05) is 17.7 Å². The van der Waals surface area contributed by atoms with E-state index in [-0.39, 0.29) is 5.91 Å². The molecular formula is C17H16ClN3OS. The number of nitrogens with zero attached hydrogens (tertiary/aromatic N) is 1. The van der Waals surface area contributed by atoms with Gasteiger partial charge in [-0.3, -0.25) is 4.79 Å². The first-order valence-corrected chi connectivity index (χ1v) is 8.30. The summed E-state index contributed by atoms with van der Waals surface area (Å²) in [4.78, 5) is 18.4. The lowest BCUT2D eigenvalue weighted by Gasteiger charge is -2.06. The molecule has 0 fully saturated rings. The normalized spacial score (nSPS) is 11.0. The van der Waals surface area contributed by atoms with Crippen LogP contribution in [0.5, 0.6) is 0 Å². The van der Waals surface area contributed by atoms with Gasteiger partial charge in [0.15, 0.2) is 0 Å². The van der Waals surface area contributed by atoms with Crippen LogP contribution in [0.2, 0.25) is 5.02 Å². The number of nitrogen functional groups attached to an aromatic ring is 1. The number of nitrogens with two attached hydrogens (primary N) is 1. The third kappa shape index (κ3) is 2.78. The zero-order valence-electron chi connectivity index (χ0n) is 13.0. The fourth-order valence-electron chi connectivity index (χ4n) is 2.49. The average molecular weight is 346 g/mol. The fourth-order valence-corrected chi connectivity index (χ4v) is 3.78. The topological polar surface area (TPSA) is 68.0 Å². The summed E-state index contributed by atoms with van der Waals surface area (Å²) in [6.07, 6.45) is 0. The summed E-state index contributed by atoms with van der Waals surface area (Å²) in [5.41, 5.74) is 10.5. The van der Waals surface area contributed by atoms with Crippen molar-refractivity contribution in [3.63, 3.8) is 0 Å². The maximum absolute atomic E-state index is 12.5. The molecule has 23 heavy (non-hydrogen) atoms. The van der Waals surface area contributed by atoms with Crippen molar-refractivity contribution in [2.24, 2.45) is 0 Å². The Morgan fingerprint density at radius 1 is 1.26 bits per heavy atom. The molecule has 0 spiro atoms. The van der Waals surface area contributed by atoms with Crippen LogP contribution in [0.4, 0.5) is 11.4 Å². The lowest BCUT2D eigenvalue weighted by atomic mass is 10.1. The highest BCUT2D eigenvalue weighted by molar-refractivity contribution is 7.21. The number of carbonyl (C=O) groups excluding carboxylic acids is 1. The number of hydrogen-bond acceptors (Lipinski definition) is 4. The summed E-state index contributed by atoms with van der Waals surface area (Å²) >= 11 is 7.25. The van der Waals surface area contributed by atoms with Crippen molar-refractivity contribution in [3.05, 3.63) is 51.0 Å². The monoisotopic (exact) mass is 345 g/mol. The maximum atomic E-state index is 12.5. The number of pyridine rings is 1. The van der Waals surface area contributed by atoms with E-state index in [4.69, 9.17) is 17.3 Å². The molecule has 0 aliphatic rings. The second-order valence-corrected chi connectivity index (χ2v) is 6.87. The van der Waals surface area contributed by atoms with Gasteiger partial charge < -0.3 is 11.1 Å². The van der Waals surface area contributed by atoms with Crippen molar-refractivity contribution < 1.29 is 4.79 Å². The molecule has 0 radical (unpaired) electrons. The van der Waals surface area contributed by atoms with E-state index in [1.807, 2.05) is 20.8 Å². The van der Waals surface area contributed by atoms with Gasteiger partial charge in [0.05, 0.1) is 5.69 Å². The Morgan fingerprint density at radius 2 is 2.00 bits per heavy atom. The van der Waals surface area contributed by atoms with E-state index >= 15 is 0 Å². The molecule has 0 bridgehead atoms. The molecule has 0 saturated heterocycles. The molecule has 0 saturated carbocycles. The Kier molecular flexibility index (Phi) is 4.00. The highest BCUT2D eigenvalue weighted by atomic mass is 35.5. The van der Waals surface area contributed by atoms with Crippen LogP contribution in [-0.4, -0.2) is 10.9 Å². The van der Waals surface area contributed by atoms with E-state index in [9.17, 15) is 4.79 Å². The van der Waals surface area contributed by atoms with E-state index in [0.29, 0.717) is 21.3 Å². The van der Waals surface area contributed by atoms with Crippen LogP contribution in [0.1, 0.15) is 26.5 Å². The quantitative estimate of drug-likeness (QED) is 0.706. The first-order chi connectivity index (χ1) is 10.9. The van der Waals surface area contributed by atoms with E-state index in [2.05, 4.69) is 10.3 Å². The Hall–Kier alpha value is -2.11. The molecule has 3 rings (SSSR count). The molecule has 0 aliphatic carbocycles. The lowest BCUT2D eigenvalue weighted by molar-refractivity contribution is 0.103. The number of thiophene rings is 1. The van der Waals surface area contributed by atoms with Crippen molar-refractivity contribution in [1.29, 1.82) is 0 Å². The Morgan fingerprint density at radius 3 is 2.70 bits per heavy atom. The summed E-state index contributed by atoms with van der Waals surface area (Å²) in [6.45, 7) is 5.98. The van der Waals surface area contributed by atoms with Crippen LogP contribution < -0.4 is 11.1 Å². The van der Waals surface area contributed by atoms with E-state index < -0.39 is 0 Å². The molecule has 1 aromatic carbocycles. The highest BCUT2D eigenvalue weighted by Gasteiger charge is 2.20. The van der Waals surface area contributed by atoms with Crippen LogP contribution in [-0.2, 0) is 0 Å². The molecule has 2 heterocycles. The summed E-state index contributed by atoms with van der Waals surface area (Å²) < 4.78 is 0. The van der Waals surface area contributed by atoms with E-state index in [0.717, 1.165) is 27.0 Å². The number of aryl methyl sites for hydroxylation is 2. The Balaban J connectivity index is 2.05. The van der Waals surface area contributed by atoms with Crippen LogP contribution in [0.25, 0.3) is 10.2 Å². The maximum Gasteiger partial charge on any atom is 0.267 e. The number of rotatable bonds is 2. The number of amides is 1. The lowest BCUT2D eigenvalue weighted by Crippen LogP contribution is -2.11. The van der Waals surface area contributed by atoms with Crippen LogP contribution >= 0.6 is 22.9 Å². The minimum Gasteiger partial charge on any atom is -0.397 e. The van der Waals surface area contributed by atoms with Gasteiger partial charge >= 0.3 is 0 Å². The number of carbonyl (C=O) groups is 1. The minimum absolute atomic E-state index is 0.248. The van der Waals surface area contributed by atoms with Gasteiger partial charge in [0.2, 0.25) is 0 Å². The third-order valence-electron chi connectivity index (χ3n) is 3.96. The highest BCUT2D eigenvalue weighted by Crippen LogP contribution is 2.36. The summed E-state index contributed by atoms with van der Waals surface area (Å²) in [7, 11) is 0. The zero-order chi connectivity index (χ0) is 16.7. The van der Waals surface area contributed by atoms with Gasteiger partial charge in [-0.2, -0.15) is 0 Å². The summed E-state index contributed by atoms with van der Waals surface area (Å²) in [5, 5.41) is 4.26. The largest absolute Gasteiger partial charge is 0.397 e. The van der Waals surface area contributed by atoms with Crippen molar-refractivity contribution in [2.75, 3.05) is 11.1 Å². The first-order valence-electron chi connectivity index (χ1n) is 7.11. The number of anilines is 2. The number of benzene rings is 1. The van der Waals surface area contributed by atoms with Crippen molar-refractivity contribution >= 4 is 50.4 Å². The molecule has 0 unspecified atom stereocenters. The molecule has 4 nitrogen and oxygen atoms in total. The molecule has 2 aromatic heterocycles. The smallest absolute Gasteiger partial charge is 0.267 e. The fraction of sp³-hybridized carbons (Fsp3) is 0.176. The number of halogens is 1. The molecular weight excluding hydrogens is 330 g/mol. The average Bonchev–Trinajstić information content (AvgIpc) is 2.82. The number of fused-ring (bicyclic) bond motifs is 1. The number of aromatic nitrogens is 1. The zero-order valence-corrected chi connectivity index (χ0v) is 14.6. The molecule has 0 aliphatic heterocycles.